The van der Waals surface area contributed by atoms with E-state index in [1.165, 1.54) is 128 Å². The second-order valence-electron chi connectivity index (χ2n) is 10.7. The van der Waals surface area contributed by atoms with Gasteiger partial charge in [-0.2, -0.15) is 0 Å². The van der Waals surface area contributed by atoms with Gasteiger partial charge in [0.1, 0.15) is 11.5 Å². The van der Waals surface area contributed by atoms with E-state index in [4.69, 9.17) is 9.47 Å². The number of aliphatic hydroxyl groups excluding tert-OH is 1. The molecule has 1 aromatic carbocycles. The number of benzene rings is 1. The Labute approximate surface area is 224 Å². The van der Waals surface area contributed by atoms with Crippen LogP contribution in [-0.2, 0) is 6.61 Å². The number of hydrogen-bond acceptors (Lipinski definition) is 3. The Morgan fingerprint density at radius 1 is 0.444 bits per heavy atom. The quantitative estimate of drug-likeness (QED) is 0.121. The number of aliphatic hydroxyl groups is 1. The van der Waals surface area contributed by atoms with Crippen LogP contribution in [0.1, 0.15) is 161 Å². The predicted molar refractivity (Wildman–Crippen MR) is 156 cm³/mol. The number of ether oxygens (including phenoxy) is 2. The Kier molecular flexibility index (Phi) is 23.2. The summed E-state index contributed by atoms with van der Waals surface area (Å²) in [4.78, 5) is 0. The molecule has 0 unspecified atom stereocenters. The topological polar surface area (TPSA) is 38.7 Å². The van der Waals surface area contributed by atoms with E-state index in [0.717, 1.165) is 43.1 Å². The van der Waals surface area contributed by atoms with Crippen LogP contribution in [0.5, 0.6) is 11.5 Å². The molecule has 0 atom stereocenters. The highest BCUT2D eigenvalue weighted by molar-refractivity contribution is 5.38. The van der Waals surface area contributed by atoms with E-state index in [9.17, 15) is 5.11 Å². The minimum Gasteiger partial charge on any atom is -0.493 e. The third kappa shape index (κ3) is 19.9. The lowest BCUT2D eigenvalue weighted by molar-refractivity contribution is 0.271. The van der Waals surface area contributed by atoms with Gasteiger partial charge in [-0.05, 0) is 30.5 Å². The first-order valence-corrected chi connectivity index (χ1v) is 15.8. The van der Waals surface area contributed by atoms with E-state index in [1.54, 1.807) is 0 Å². The maximum atomic E-state index is 9.62. The van der Waals surface area contributed by atoms with Gasteiger partial charge >= 0.3 is 0 Å². The zero-order chi connectivity index (χ0) is 25.9. The first kappa shape index (κ1) is 32.8. The van der Waals surface area contributed by atoms with Gasteiger partial charge in [-0.1, -0.05) is 142 Å². The van der Waals surface area contributed by atoms with Crippen LogP contribution in [0.15, 0.2) is 18.2 Å². The summed E-state index contributed by atoms with van der Waals surface area (Å²) in [5, 5.41) is 9.62. The molecule has 3 heteroatoms. The maximum Gasteiger partial charge on any atom is 0.123 e. The fraction of sp³-hybridized carbons (Fsp3) is 0.818. The Balaban J connectivity index is 2.05. The van der Waals surface area contributed by atoms with Crippen molar-refractivity contribution in [2.45, 2.75) is 162 Å². The fourth-order valence-corrected chi connectivity index (χ4v) is 4.80. The van der Waals surface area contributed by atoms with Crippen molar-refractivity contribution in [3.63, 3.8) is 0 Å². The molecule has 0 spiro atoms. The van der Waals surface area contributed by atoms with Gasteiger partial charge in [0.25, 0.3) is 0 Å². The van der Waals surface area contributed by atoms with Crippen molar-refractivity contribution in [1.29, 1.82) is 0 Å². The molecule has 3 nitrogen and oxygen atoms in total. The van der Waals surface area contributed by atoms with Gasteiger partial charge in [0, 0.05) is 6.07 Å². The standard InChI is InChI=1S/C33H60O3/c1-3-5-7-9-11-13-14-15-16-18-20-22-24-26-36-33-28-31(30-34)27-32(29-33)35-25-23-21-19-17-12-10-8-6-4-2/h27-29,34H,3-26,30H2,1-2H3. The highest BCUT2D eigenvalue weighted by Crippen LogP contribution is 2.24. The second kappa shape index (κ2) is 25.4. The third-order valence-electron chi connectivity index (χ3n) is 7.16. The van der Waals surface area contributed by atoms with E-state index in [2.05, 4.69) is 13.8 Å². The van der Waals surface area contributed by atoms with Crippen LogP contribution in [0.25, 0.3) is 0 Å². The minimum absolute atomic E-state index is 0.0182. The van der Waals surface area contributed by atoms with Crippen LogP contribution in [0.2, 0.25) is 0 Å². The van der Waals surface area contributed by atoms with Crippen LogP contribution in [0.3, 0.4) is 0 Å². The normalized spacial score (nSPS) is 11.2. The van der Waals surface area contributed by atoms with Crippen molar-refractivity contribution >= 4 is 0 Å². The molecule has 0 aliphatic rings. The SMILES string of the molecule is CCCCCCCCCCCCCCCOc1cc(CO)cc(OCCCCCCCCCCC)c1. The summed E-state index contributed by atoms with van der Waals surface area (Å²) in [5.74, 6) is 1.64. The van der Waals surface area contributed by atoms with Crippen LogP contribution in [0, 0.1) is 0 Å². The molecule has 0 amide bonds. The summed E-state index contributed by atoms with van der Waals surface area (Å²) >= 11 is 0. The van der Waals surface area contributed by atoms with Gasteiger partial charge in [0.05, 0.1) is 19.8 Å². The Morgan fingerprint density at radius 3 is 1.06 bits per heavy atom. The molecule has 0 radical (unpaired) electrons. The molecule has 36 heavy (non-hydrogen) atoms. The van der Waals surface area contributed by atoms with Crippen LogP contribution >= 0.6 is 0 Å². The maximum absolute atomic E-state index is 9.62. The summed E-state index contributed by atoms with van der Waals surface area (Å²) in [6.45, 7) is 6.05. The van der Waals surface area contributed by atoms with Gasteiger partial charge in [-0.3, -0.25) is 0 Å². The molecule has 0 saturated carbocycles. The largest absolute Gasteiger partial charge is 0.493 e. The van der Waals surface area contributed by atoms with Crippen molar-refractivity contribution in [3.8, 4) is 11.5 Å². The lowest BCUT2D eigenvalue weighted by atomic mass is 10.0. The molecule has 1 rings (SSSR count). The van der Waals surface area contributed by atoms with Crippen molar-refractivity contribution < 1.29 is 14.6 Å². The summed E-state index contributed by atoms with van der Waals surface area (Å²) in [6.07, 6.45) is 29.5. The smallest absolute Gasteiger partial charge is 0.123 e. The van der Waals surface area contributed by atoms with Gasteiger partial charge in [0.15, 0.2) is 0 Å². The number of rotatable bonds is 27. The summed E-state index contributed by atoms with van der Waals surface area (Å²) < 4.78 is 12.0. The predicted octanol–water partition coefficient (Wildman–Crippen LogP) is 10.6. The summed E-state index contributed by atoms with van der Waals surface area (Å²) in [6, 6.07) is 5.86. The Bertz CT molecular complexity index is 586. The van der Waals surface area contributed by atoms with Crippen LogP contribution in [0.4, 0.5) is 0 Å². The second-order valence-corrected chi connectivity index (χ2v) is 10.7. The van der Waals surface area contributed by atoms with Gasteiger partial charge < -0.3 is 14.6 Å². The zero-order valence-corrected chi connectivity index (χ0v) is 24.2. The van der Waals surface area contributed by atoms with E-state index in [-0.39, 0.29) is 6.61 Å². The summed E-state index contributed by atoms with van der Waals surface area (Å²) in [7, 11) is 0. The number of unbranched alkanes of at least 4 members (excludes halogenated alkanes) is 20. The van der Waals surface area contributed by atoms with E-state index in [0.29, 0.717) is 0 Å². The van der Waals surface area contributed by atoms with Crippen LogP contribution < -0.4 is 9.47 Å². The number of hydrogen-bond donors (Lipinski definition) is 1. The van der Waals surface area contributed by atoms with E-state index in [1.807, 2.05) is 18.2 Å². The lowest BCUT2D eigenvalue weighted by Crippen LogP contribution is -2.01. The van der Waals surface area contributed by atoms with Crippen molar-refractivity contribution in [2.24, 2.45) is 0 Å². The Morgan fingerprint density at radius 2 is 0.750 bits per heavy atom. The minimum atomic E-state index is 0.0182. The zero-order valence-electron chi connectivity index (χ0n) is 24.2. The first-order chi connectivity index (χ1) is 17.8. The van der Waals surface area contributed by atoms with Crippen LogP contribution in [-0.4, -0.2) is 18.3 Å². The van der Waals surface area contributed by atoms with Crippen molar-refractivity contribution in [1.82, 2.24) is 0 Å². The average Bonchev–Trinajstić information content (AvgIpc) is 2.89. The molecule has 0 fully saturated rings. The molecular weight excluding hydrogens is 444 g/mol. The van der Waals surface area contributed by atoms with Gasteiger partial charge in [-0.25, -0.2) is 0 Å². The highest BCUT2D eigenvalue weighted by atomic mass is 16.5. The third-order valence-corrected chi connectivity index (χ3v) is 7.16. The lowest BCUT2D eigenvalue weighted by Gasteiger charge is -2.12. The first-order valence-electron chi connectivity index (χ1n) is 15.8. The van der Waals surface area contributed by atoms with Crippen molar-refractivity contribution in [3.05, 3.63) is 23.8 Å². The molecule has 210 valence electrons. The highest BCUT2D eigenvalue weighted by Gasteiger charge is 2.04. The molecule has 1 N–H and O–H groups in total. The molecule has 0 saturated heterocycles. The molecule has 0 aromatic heterocycles. The van der Waals surface area contributed by atoms with Gasteiger partial charge in [0.2, 0.25) is 0 Å². The molecule has 0 aliphatic carbocycles. The molecule has 0 aliphatic heterocycles. The molecular formula is C33H60O3. The fourth-order valence-electron chi connectivity index (χ4n) is 4.80. The molecule has 0 heterocycles. The van der Waals surface area contributed by atoms with Gasteiger partial charge in [-0.15, -0.1) is 0 Å². The molecule has 1 aromatic rings. The Hall–Kier alpha value is -1.22. The molecule has 0 bridgehead atoms. The van der Waals surface area contributed by atoms with E-state index < -0.39 is 0 Å². The monoisotopic (exact) mass is 504 g/mol. The average molecular weight is 505 g/mol. The summed E-state index contributed by atoms with van der Waals surface area (Å²) in [5.41, 5.74) is 0.861. The van der Waals surface area contributed by atoms with E-state index >= 15 is 0 Å². The van der Waals surface area contributed by atoms with Crippen molar-refractivity contribution in [2.75, 3.05) is 13.2 Å².